The van der Waals surface area contributed by atoms with Crippen molar-refractivity contribution in [2.75, 3.05) is 0 Å². The minimum atomic E-state index is -0.271. The second-order valence-corrected chi connectivity index (χ2v) is 14.2. The lowest BCUT2D eigenvalue weighted by atomic mass is 9.93. The zero-order chi connectivity index (χ0) is 41.8. The number of aromatic nitrogens is 3. The van der Waals surface area contributed by atoms with Gasteiger partial charge in [-0.3, -0.25) is 0 Å². The molecule has 0 atom stereocenters. The number of nitrogens with zero attached hydrogens (tertiary/aromatic N) is 3. The molecule has 3 nitrogen and oxygen atoms in total. The molecular weight excluding hydrogens is 687 g/mol. The van der Waals surface area contributed by atoms with E-state index in [-0.39, 0.29) is 64.0 Å². The van der Waals surface area contributed by atoms with Crippen molar-refractivity contribution >= 4 is 31.5 Å². The monoisotopic (exact) mass is 725 g/mol. The lowest BCUT2D eigenvalue weighted by Gasteiger charge is -2.11. The van der Waals surface area contributed by atoms with Gasteiger partial charge in [-0.1, -0.05) is 164 Å². The SMILES string of the molecule is [2H]c1c(-c2cc(-c3ccccc3)cc(-c3ccccc3)c2)c([2H])c2c(sc3c([2H])c(-c4nc(-c5ccccc5)nc(-c5ccc(-c6ccccc6)cc5)n4)c([2H])c([2H])c32)c1[2H]. The molecule has 0 fully saturated rings. The van der Waals surface area contributed by atoms with Gasteiger partial charge in [0.25, 0.3) is 0 Å². The van der Waals surface area contributed by atoms with Crippen molar-refractivity contribution < 1.29 is 8.22 Å². The van der Waals surface area contributed by atoms with E-state index in [0.717, 1.165) is 50.3 Å². The van der Waals surface area contributed by atoms with Gasteiger partial charge in [0.1, 0.15) is 0 Å². The van der Waals surface area contributed by atoms with Gasteiger partial charge in [0.2, 0.25) is 0 Å². The van der Waals surface area contributed by atoms with Crippen LogP contribution in [0.25, 0.3) is 98.8 Å². The van der Waals surface area contributed by atoms with Gasteiger partial charge in [0.15, 0.2) is 17.5 Å². The van der Waals surface area contributed by atoms with E-state index in [1.807, 2.05) is 158 Å². The normalized spacial score (nSPS) is 12.8. The van der Waals surface area contributed by atoms with Crippen molar-refractivity contribution in [3.63, 3.8) is 0 Å². The lowest BCUT2D eigenvalue weighted by molar-refractivity contribution is 1.07. The Morgan fingerprint density at radius 3 is 1.25 bits per heavy atom. The van der Waals surface area contributed by atoms with E-state index >= 15 is 0 Å². The lowest BCUT2D eigenvalue weighted by Crippen LogP contribution is -2.00. The highest BCUT2D eigenvalue weighted by Gasteiger charge is 2.15. The number of benzene rings is 8. The number of hydrogen-bond acceptors (Lipinski definition) is 4. The molecule has 0 aliphatic rings. The summed E-state index contributed by atoms with van der Waals surface area (Å²) in [6, 6.07) is 52.3. The molecule has 0 aliphatic carbocycles. The van der Waals surface area contributed by atoms with E-state index in [0.29, 0.717) is 32.2 Å². The molecule has 0 aliphatic heterocycles. The third kappa shape index (κ3) is 6.50. The quantitative estimate of drug-likeness (QED) is 0.164. The summed E-state index contributed by atoms with van der Waals surface area (Å²) in [4.78, 5) is 14.5. The Labute approximate surface area is 332 Å². The Hall–Kier alpha value is -7.01. The second-order valence-electron chi connectivity index (χ2n) is 13.2. The fourth-order valence-corrected chi connectivity index (χ4v) is 7.76. The van der Waals surface area contributed by atoms with Crippen molar-refractivity contribution in [2.24, 2.45) is 0 Å². The molecular formula is C51H33N3S. The van der Waals surface area contributed by atoms with Crippen LogP contribution in [0.5, 0.6) is 0 Å². The molecule has 0 saturated carbocycles. The first kappa shape index (κ1) is 26.7. The van der Waals surface area contributed by atoms with Crippen LogP contribution in [0.15, 0.2) is 200 Å². The number of thiophene rings is 1. The molecule has 0 amide bonds. The van der Waals surface area contributed by atoms with Crippen LogP contribution in [0.4, 0.5) is 0 Å². The molecule has 0 N–H and O–H groups in total. The predicted molar refractivity (Wildman–Crippen MR) is 231 cm³/mol. The maximum absolute atomic E-state index is 9.70. The standard InChI is InChI=1S/C51H33N3S/c1-5-13-34(14-6-1)37-21-23-39(24-22-37)50-52-49(38-19-11-4-12-20-38)53-51(54-50)41-25-27-45-46-32-40(26-28-47(46)55-48(45)33-41)44-30-42(35-15-7-2-8-16-35)29-43(31-44)36-17-9-3-10-18-36/h1-33H/i25D,26D,27D,28D,32D,33D. The fraction of sp³-hybridized carbons (Fsp3) is 0. The van der Waals surface area contributed by atoms with E-state index in [1.165, 1.54) is 0 Å². The largest absolute Gasteiger partial charge is 0.208 e. The van der Waals surface area contributed by atoms with Crippen LogP contribution in [0, 0.1) is 0 Å². The number of hydrogen-bond donors (Lipinski definition) is 0. The highest BCUT2D eigenvalue weighted by molar-refractivity contribution is 7.25. The van der Waals surface area contributed by atoms with Crippen LogP contribution in [-0.4, -0.2) is 15.0 Å². The third-order valence-corrected chi connectivity index (χ3v) is 10.6. The Bertz CT molecular complexity index is 3230. The van der Waals surface area contributed by atoms with Crippen LogP contribution in [0.1, 0.15) is 8.22 Å². The molecule has 258 valence electrons. The second kappa shape index (κ2) is 14.1. The Kier molecular flexibility index (Phi) is 6.84. The van der Waals surface area contributed by atoms with Gasteiger partial charge in [-0.25, -0.2) is 15.0 Å². The highest BCUT2D eigenvalue weighted by atomic mass is 32.1. The van der Waals surface area contributed by atoms with Crippen molar-refractivity contribution in [2.45, 2.75) is 0 Å². The summed E-state index contributed by atoms with van der Waals surface area (Å²) in [5, 5.41) is 0.510. The summed E-state index contributed by atoms with van der Waals surface area (Å²) < 4.78 is 57.5. The van der Waals surface area contributed by atoms with Crippen LogP contribution in [-0.2, 0) is 0 Å². The van der Waals surface area contributed by atoms with Gasteiger partial charge in [0.05, 0.1) is 8.22 Å². The smallest absolute Gasteiger partial charge is 0.164 e. The third-order valence-electron chi connectivity index (χ3n) is 9.59. The minimum absolute atomic E-state index is 0.0284. The maximum Gasteiger partial charge on any atom is 0.164 e. The van der Waals surface area contributed by atoms with E-state index in [9.17, 15) is 8.22 Å². The van der Waals surface area contributed by atoms with Gasteiger partial charge in [0, 0.05) is 36.9 Å². The van der Waals surface area contributed by atoms with Crippen LogP contribution < -0.4 is 0 Å². The molecule has 0 unspecified atom stereocenters. The van der Waals surface area contributed by atoms with Gasteiger partial charge in [-0.15, -0.1) is 11.3 Å². The first-order valence-corrected chi connectivity index (χ1v) is 18.8. The van der Waals surface area contributed by atoms with Gasteiger partial charge >= 0.3 is 0 Å². The molecule has 0 bridgehead atoms. The minimum Gasteiger partial charge on any atom is -0.208 e. The molecule has 0 radical (unpaired) electrons. The fourth-order valence-electron chi connectivity index (χ4n) is 6.79. The highest BCUT2D eigenvalue weighted by Crippen LogP contribution is 2.40. The maximum atomic E-state index is 9.70. The van der Waals surface area contributed by atoms with E-state index in [4.69, 9.17) is 15.0 Å². The molecule has 55 heavy (non-hydrogen) atoms. The molecule has 0 spiro atoms. The van der Waals surface area contributed by atoms with Crippen molar-refractivity contribution in [3.8, 4) is 78.7 Å². The summed E-state index contributed by atoms with van der Waals surface area (Å²) in [5.74, 6) is 0.778. The van der Waals surface area contributed by atoms with Crippen molar-refractivity contribution in [1.82, 2.24) is 15.0 Å². The predicted octanol–water partition coefficient (Wildman–Crippen LogP) is 13.9. The summed E-state index contributed by atoms with van der Waals surface area (Å²) in [6.45, 7) is 0. The topological polar surface area (TPSA) is 38.7 Å². The summed E-state index contributed by atoms with van der Waals surface area (Å²) >= 11 is 1.09. The van der Waals surface area contributed by atoms with Gasteiger partial charge in [-0.2, -0.15) is 0 Å². The first-order valence-electron chi connectivity index (χ1n) is 20.9. The molecule has 10 rings (SSSR count). The summed E-state index contributed by atoms with van der Waals surface area (Å²) in [6.07, 6.45) is 0. The van der Waals surface area contributed by atoms with Crippen LogP contribution in [0.3, 0.4) is 0 Å². The van der Waals surface area contributed by atoms with E-state index in [1.54, 1.807) is 0 Å². The van der Waals surface area contributed by atoms with Gasteiger partial charge in [-0.05, 0) is 80.8 Å². The van der Waals surface area contributed by atoms with Crippen molar-refractivity contribution in [3.05, 3.63) is 200 Å². The Morgan fingerprint density at radius 2 is 0.709 bits per heavy atom. The average molecular weight is 726 g/mol. The zero-order valence-corrected chi connectivity index (χ0v) is 30.2. The first-order chi connectivity index (χ1) is 29.7. The molecule has 10 aromatic rings. The number of rotatable bonds is 7. The average Bonchev–Trinajstić information content (AvgIpc) is 3.73. The van der Waals surface area contributed by atoms with Crippen molar-refractivity contribution in [1.29, 1.82) is 0 Å². The molecule has 4 heteroatoms. The molecule has 2 aromatic heterocycles. The number of fused-ring (bicyclic) bond motifs is 3. The zero-order valence-electron chi connectivity index (χ0n) is 35.3. The summed E-state index contributed by atoms with van der Waals surface area (Å²) in [7, 11) is 0. The van der Waals surface area contributed by atoms with Crippen LogP contribution >= 0.6 is 11.3 Å². The summed E-state index contributed by atoms with van der Waals surface area (Å²) in [5.41, 5.74) is 8.15. The van der Waals surface area contributed by atoms with E-state index < -0.39 is 0 Å². The van der Waals surface area contributed by atoms with Crippen LogP contribution in [0.2, 0.25) is 0 Å². The molecule has 2 heterocycles. The molecule has 0 saturated heterocycles. The van der Waals surface area contributed by atoms with Gasteiger partial charge < -0.3 is 0 Å². The molecule has 8 aromatic carbocycles. The Balaban J connectivity index is 1.17. The Morgan fingerprint density at radius 1 is 0.309 bits per heavy atom. The van der Waals surface area contributed by atoms with E-state index in [2.05, 4.69) is 6.07 Å².